The van der Waals surface area contributed by atoms with Crippen molar-refractivity contribution in [1.29, 1.82) is 0 Å². The molecule has 0 aromatic heterocycles. The molecule has 11 nitrogen and oxygen atoms in total. The quantitative estimate of drug-likeness (QED) is 0.344. The Morgan fingerprint density at radius 2 is 1.62 bits per heavy atom. The van der Waals surface area contributed by atoms with E-state index in [-0.39, 0.29) is 12.1 Å². The van der Waals surface area contributed by atoms with Gasteiger partial charge in [-0.1, -0.05) is 0 Å². The van der Waals surface area contributed by atoms with Crippen LogP contribution in [0.3, 0.4) is 0 Å². The molecule has 3 N–H and O–H groups in total. The predicted octanol–water partition coefficient (Wildman–Crippen LogP) is 1.06. The number of carbonyl (C=O) groups is 3. The molecule has 0 aliphatic rings. The molecule has 0 fully saturated rings. The van der Waals surface area contributed by atoms with Crippen molar-refractivity contribution in [2.24, 2.45) is 5.10 Å². The number of methoxy groups -OCH3 is 3. The van der Waals surface area contributed by atoms with Crippen molar-refractivity contribution in [3.8, 4) is 23.0 Å². The zero-order valence-corrected chi connectivity index (χ0v) is 17.7. The van der Waals surface area contributed by atoms with E-state index in [9.17, 15) is 14.4 Å². The third kappa shape index (κ3) is 6.90. The standard InChI is InChI=1S/C21H23N3O8/c1-29-16-8-14(9-17(30-2)20(16)31-3)21(28)22-11-18(25)24-23-10-13-4-6-15(7-5-13)32-12-19(26)27/h4-10H,11-12H2,1-3H3,(H,22,28)(H,24,25)(H,26,27)/b23-10-. The van der Waals surface area contributed by atoms with Gasteiger partial charge in [-0.2, -0.15) is 5.10 Å². The molecule has 11 heteroatoms. The summed E-state index contributed by atoms with van der Waals surface area (Å²) in [6.45, 7) is -0.750. The fourth-order valence-corrected chi connectivity index (χ4v) is 2.49. The number of nitrogens with zero attached hydrogens (tertiary/aromatic N) is 1. The normalized spacial score (nSPS) is 10.3. The fourth-order valence-electron chi connectivity index (χ4n) is 2.49. The summed E-state index contributed by atoms with van der Waals surface area (Å²) in [4.78, 5) is 34.8. The van der Waals surface area contributed by atoms with Crippen molar-refractivity contribution in [3.63, 3.8) is 0 Å². The molecule has 0 saturated carbocycles. The number of carboxylic acid groups (broad SMARTS) is 1. The number of benzene rings is 2. The van der Waals surface area contributed by atoms with E-state index in [1.165, 1.54) is 39.7 Å². The average Bonchev–Trinajstić information content (AvgIpc) is 2.80. The Kier molecular flexibility index (Phi) is 8.84. The first-order chi connectivity index (χ1) is 15.4. The molecule has 0 aliphatic heterocycles. The Morgan fingerprint density at radius 3 is 2.16 bits per heavy atom. The number of carbonyl (C=O) groups excluding carboxylic acids is 2. The van der Waals surface area contributed by atoms with Gasteiger partial charge in [-0.05, 0) is 42.0 Å². The summed E-state index contributed by atoms with van der Waals surface area (Å²) < 4.78 is 20.6. The highest BCUT2D eigenvalue weighted by Crippen LogP contribution is 2.38. The van der Waals surface area contributed by atoms with Gasteiger partial charge in [0.2, 0.25) is 5.75 Å². The molecule has 0 heterocycles. The minimum Gasteiger partial charge on any atom is -0.493 e. The fraction of sp³-hybridized carbons (Fsp3) is 0.238. The second kappa shape index (κ2) is 11.8. The van der Waals surface area contributed by atoms with E-state index in [1.807, 2.05) is 0 Å². The van der Waals surface area contributed by atoms with Crippen LogP contribution in [0.2, 0.25) is 0 Å². The van der Waals surface area contributed by atoms with E-state index < -0.39 is 24.4 Å². The van der Waals surface area contributed by atoms with E-state index >= 15 is 0 Å². The third-order valence-corrected chi connectivity index (χ3v) is 3.98. The van der Waals surface area contributed by atoms with Gasteiger partial charge in [-0.25, -0.2) is 10.2 Å². The summed E-state index contributed by atoms with van der Waals surface area (Å²) in [7, 11) is 4.31. The second-order valence-corrected chi connectivity index (χ2v) is 6.14. The lowest BCUT2D eigenvalue weighted by Gasteiger charge is -2.14. The molecule has 32 heavy (non-hydrogen) atoms. The van der Waals surface area contributed by atoms with Gasteiger partial charge in [-0.15, -0.1) is 0 Å². The number of hydrogen-bond acceptors (Lipinski definition) is 8. The van der Waals surface area contributed by atoms with Crippen molar-refractivity contribution in [2.45, 2.75) is 0 Å². The van der Waals surface area contributed by atoms with Crippen molar-refractivity contribution >= 4 is 24.0 Å². The molecule has 0 atom stereocenters. The Labute approximate surface area is 183 Å². The monoisotopic (exact) mass is 445 g/mol. The van der Waals surface area contributed by atoms with Gasteiger partial charge in [0, 0.05) is 5.56 Å². The highest BCUT2D eigenvalue weighted by atomic mass is 16.5. The maximum Gasteiger partial charge on any atom is 0.341 e. The number of aliphatic carboxylic acids is 1. The summed E-state index contributed by atoms with van der Waals surface area (Å²) in [5.41, 5.74) is 3.16. The number of hydrogen-bond donors (Lipinski definition) is 3. The second-order valence-electron chi connectivity index (χ2n) is 6.14. The van der Waals surface area contributed by atoms with Crippen molar-refractivity contribution in [3.05, 3.63) is 47.5 Å². The number of carboxylic acids is 1. The maximum atomic E-state index is 12.4. The average molecular weight is 445 g/mol. The van der Waals surface area contributed by atoms with Crippen molar-refractivity contribution in [1.82, 2.24) is 10.7 Å². The van der Waals surface area contributed by atoms with Gasteiger partial charge in [0.1, 0.15) is 5.75 Å². The van der Waals surface area contributed by atoms with Crippen LogP contribution in [0.1, 0.15) is 15.9 Å². The Morgan fingerprint density at radius 1 is 1.00 bits per heavy atom. The highest BCUT2D eigenvalue weighted by Gasteiger charge is 2.17. The van der Waals surface area contributed by atoms with Crippen LogP contribution >= 0.6 is 0 Å². The molecular formula is C21H23N3O8. The van der Waals surface area contributed by atoms with E-state index in [0.717, 1.165) is 0 Å². The molecule has 0 unspecified atom stereocenters. The molecule has 2 aromatic rings. The minimum atomic E-state index is -1.07. The van der Waals surface area contributed by atoms with Crippen LogP contribution in [0.5, 0.6) is 23.0 Å². The smallest absolute Gasteiger partial charge is 0.341 e. The Bertz CT molecular complexity index is 964. The molecule has 0 radical (unpaired) electrons. The van der Waals surface area contributed by atoms with E-state index in [1.54, 1.807) is 24.3 Å². The molecule has 2 amide bonds. The highest BCUT2D eigenvalue weighted by molar-refractivity contribution is 5.97. The minimum absolute atomic E-state index is 0.223. The molecular weight excluding hydrogens is 422 g/mol. The van der Waals surface area contributed by atoms with Crippen LogP contribution in [0, 0.1) is 0 Å². The van der Waals surface area contributed by atoms with Gasteiger partial charge >= 0.3 is 5.97 Å². The summed E-state index contributed by atoms with van der Waals surface area (Å²) >= 11 is 0. The topological polar surface area (TPSA) is 145 Å². The van der Waals surface area contributed by atoms with Gasteiger partial charge in [-0.3, -0.25) is 9.59 Å². The maximum absolute atomic E-state index is 12.4. The largest absolute Gasteiger partial charge is 0.493 e. The lowest BCUT2D eigenvalue weighted by Crippen LogP contribution is -2.34. The summed E-state index contributed by atoms with van der Waals surface area (Å²) in [5, 5.41) is 14.9. The molecule has 0 spiro atoms. The summed E-state index contributed by atoms with van der Waals surface area (Å²) in [6.07, 6.45) is 1.39. The number of ether oxygens (including phenoxy) is 4. The van der Waals surface area contributed by atoms with Crippen LogP contribution in [-0.4, -0.2) is 63.6 Å². The van der Waals surface area contributed by atoms with Gasteiger partial charge in [0.15, 0.2) is 18.1 Å². The molecule has 0 aliphatic carbocycles. The SMILES string of the molecule is COc1cc(C(=O)NCC(=O)N/N=C\c2ccc(OCC(=O)O)cc2)cc(OC)c1OC. The first kappa shape index (κ1) is 24.0. The summed E-state index contributed by atoms with van der Waals surface area (Å²) in [5.74, 6) is -0.765. The van der Waals surface area contributed by atoms with Crippen LogP contribution in [0.4, 0.5) is 0 Å². The molecule has 0 bridgehead atoms. The van der Waals surface area contributed by atoms with Crippen LogP contribution in [0.15, 0.2) is 41.5 Å². The molecule has 170 valence electrons. The van der Waals surface area contributed by atoms with Crippen molar-refractivity contribution < 1.29 is 38.4 Å². The predicted molar refractivity (Wildman–Crippen MR) is 114 cm³/mol. The van der Waals surface area contributed by atoms with E-state index in [2.05, 4.69) is 15.8 Å². The van der Waals surface area contributed by atoms with Crippen LogP contribution in [-0.2, 0) is 9.59 Å². The van der Waals surface area contributed by atoms with Crippen LogP contribution in [0.25, 0.3) is 0 Å². The van der Waals surface area contributed by atoms with E-state index in [0.29, 0.717) is 28.6 Å². The number of hydrazone groups is 1. The van der Waals surface area contributed by atoms with Gasteiger partial charge < -0.3 is 29.4 Å². The van der Waals surface area contributed by atoms with Gasteiger partial charge in [0.25, 0.3) is 11.8 Å². The Balaban J connectivity index is 1.87. The number of amides is 2. The zero-order chi connectivity index (χ0) is 23.5. The Hall–Kier alpha value is -4.28. The molecule has 2 aromatic carbocycles. The van der Waals surface area contributed by atoms with Crippen molar-refractivity contribution in [2.75, 3.05) is 34.5 Å². The molecule has 0 saturated heterocycles. The number of rotatable bonds is 11. The van der Waals surface area contributed by atoms with Gasteiger partial charge in [0.05, 0.1) is 34.1 Å². The number of nitrogens with one attached hydrogen (secondary N) is 2. The molecule has 2 rings (SSSR count). The zero-order valence-electron chi connectivity index (χ0n) is 17.7. The van der Waals surface area contributed by atoms with E-state index in [4.69, 9.17) is 24.1 Å². The first-order valence-corrected chi connectivity index (χ1v) is 9.22. The first-order valence-electron chi connectivity index (χ1n) is 9.22. The third-order valence-electron chi connectivity index (χ3n) is 3.98. The lowest BCUT2D eigenvalue weighted by atomic mass is 10.1. The lowest BCUT2D eigenvalue weighted by molar-refractivity contribution is -0.139. The van der Waals surface area contributed by atoms with Crippen LogP contribution < -0.4 is 29.7 Å². The summed E-state index contributed by atoms with van der Waals surface area (Å²) in [6, 6.07) is 9.36.